The first-order valence-electron chi connectivity index (χ1n) is 7.56. The zero-order valence-electron chi connectivity index (χ0n) is 13.3. The van der Waals surface area contributed by atoms with E-state index in [1.807, 2.05) is 11.3 Å². The Morgan fingerprint density at radius 3 is 1.68 bits per heavy atom. The molecule has 3 rings (SSSR count). The number of rotatable bonds is 3. The van der Waals surface area contributed by atoms with Gasteiger partial charge in [-0.05, 0) is 54.7 Å². The lowest BCUT2D eigenvalue weighted by molar-refractivity contribution is 1.48. The minimum absolute atomic E-state index is 1.27. The predicted molar refractivity (Wildman–Crippen MR) is 98.3 cm³/mol. The maximum atomic E-state index is 2.31. The summed E-state index contributed by atoms with van der Waals surface area (Å²) in [5.41, 5.74) is 6.58. The molecular weight excluding hydrogens is 284 g/mol. The van der Waals surface area contributed by atoms with Gasteiger partial charge in [0.25, 0.3) is 0 Å². The summed E-state index contributed by atoms with van der Waals surface area (Å²) < 4.78 is 0. The normalized spacial score (nSPS) is 10.5. The van der Waals surface area contributed by atoms with Crippen molar-refractivity contribution in [2.24, 2.45) is 0 Å². The van der Waals surface area contributed by atoms with Gasteiger partial charge in [-0.15, -0.1) is 11.3 Å². The lowest BCUT2D eigenvalue weighted by atomic mass is 9.90. The van der Waals surface area contributed by atoms with Crippen LogP contribution in [-0.2, 0) is 0 Å². The van der Waals surface area contributed by atoms with E-state index in [0.29, 0.717) is 0 Å². The number of hydrogen-bond donors (Lipinski definition) is 0. The lowest BCUT2D eigenvalue weighted by Gasteiger charge is -2.14. The van der Waals surface area contributed by atoms with Crippen molar-refractivity contribution < 1.29 is 0 Å². The van der Waals surface area contributed by atoms with E-state index < -0.39 is 0 Å². The largest absolute Gasteiger partial charge is 0.145 e. The molecule has 1 heteroatoms. The van der Waals surface area contributed by atoms with E-state index in [0.717, 1.165) is 0 Å². The maximum absolute atomic E-state index is 2.31. The van der Waals surface area contributed by atoms with Gasteiger partial charge in [0, 0.05) is 9.75 Å². The van der Waals surface area contributed by atoms with Crippen molar-refractivity contribution in [3.8, 4) is 0 Å². The third-order valence-electron chi connectivity index (χ3n) is 3.94. The van der Waals surface area contributed by atoms with Crippen LogP contribution in [0.3, 0.4) is 0 Å². The highest BCUT2D eigenvalue weighted by molar-refractivity contribution is 7.12. The predicted octanol–water partition coefficient (Wildman–Crippen LogP) is 6.34. The third-order valence-corrected chi connectivity index (χ3v) is 4.91. The van der Waals surface area contributed by atoms with Crippen molar-refractivity contribution in [1.82, 2.24) is 0 Å². The summed E-state index contributed by atoms with van der Waals surface area (Å²) in [6.07, 6.45) is 0. The van der Waals surface area contributed by atoms with Gasteiger partial charge >= 0.3 is 0 Å². The number of aryl methyl sites for hydroxylation is 2. The van der Waals surface area contributed by atoms with Gasteiger partial charge in [-0.3, -0.25) is 0 Å². The van der Waals surface area contributed by atoms with E-state index in [1.165, 1.54) is 37.6 Å². The summed E-state index contributed by atoms with van der Waals surface area (Å²) >= 11 is 1.87. The van der Waals surface area contributed by atoms with Crippen LogP contribution >= 0.6 is 11.3 Å². The average Bonchev–Trinajstić information content (AvgIpc) is 2.88. The zero-order chi connectivity index (χ0) is 15.5. The van der Waals surface area contributed by atoms with Crippen LogP contribution in [0, 0.1) is 13.8 Å². The SMILES string of the molecule is CC(=C(c1ccccc1)c1ccccc1)c1cc(C)sc1C. The van der Waals surface area contributed by atoms with E-state index in [1.54, 1.807) is 0 Å². The first-order chi connectivity index (χ1) is 10.7. The second-order valence-electron chi connectivity index (χ2n) is 5.56. The molecule has 0 bridgehead atoms. The molecule has 0 aliphatic heterocycles. The molecule has 110 valence electrons. The molecular formula is C21H20S. The van der Waals surface area contributed by atoms with Crippen LogP contribution in [0.5, 0.6) is 0 Å². The maximum Gasteiger partial charge on any atom is 0.00922 e. The fourth-order valence-electron chi connectivity index (χ4n) is 2.95. The van der Waals surface area contributed by atoms with Gasteiger partial charge in [-0.2, -0.15) is 0 Å². The highest BCUT2D eigenvalue weighted by atomic mass is 32.1. The van der Waals surface area contributed by atoms with E-state index in [-0.39, 0.29) is 0 Å². The zero-order valence-corrected chi connectivity index (χ0v) is 14.1. The smallest absolute Gasteiger partial charge is 0.00922 e. The van der Waals surface area contributed by atoms with Crippen molar-refractivity contribution in [3.63, 3.8) is 0 Å². The van der Waals surface area contributed by atoms with Gasteiger partial charge in [0.2, 0.25) is 0 Å². The average molecular weight is 304 g/mol. The Bertz CT molecular complexity index is 751. The summed E-state index contributed by atoms with van der Waals surface area (Å²) in [6.45, 7) is 6.63. The lowest BCUT2D eigenvalue weighted by Crippen LogP contribution is -1.92. The van der Waals surface area contributed by atoms with Crippen LogP contribution in [0.2, 0.25) is 0 Å². The molecule has 22 heavy (non-hydrogen) atoms. The fourth-order valence-corrected chi connectivity index (χ4v) is 3.93. The highest BCUT2D eigenvalue weighted by Gasteiger charge is 2.13. The quantitative estimate of drug-likeness (QED) is 0.529. The minimum atomic E-state index is 1.27. The molecule has 0 saturated heterocycles. The Morgan fingerprint density at radius 2 is 1.27 bits per heavy atom. The molecule has 0 aliphatic carbocycles. The number of allylic oxidation sites excluding steroid dienone is 1. The minimum Gasteiger partial charge on any atom is -0.145 e. The summed E-state index contributed by atoms with van der Waals surface area (Å²) in [4.78, 5) is 2.76. The molecule has 0 aliphatic rings. The first kappa shape index (κ1) is 14.8. The summed E-state index contributed by atoms with van der Waals surface area (Å²) in [5.74, 6) is 0. The molecule has 0 spiro atoms. The van der Waals surface area contributed by atoms with E-state index in [9.17, 15) is 0 Å². The van der Waals surface area contributed by atoms with Crippen LogP contribution in [0.25, 0.3) is 11.1 Å². The molecule has 0 saturated carbocycles. The van der Waals surface area contributed by atoms with Crippen LogP contribution in [0.4, 0.5) is 0 Å². The molecule has 0 nitrogen and oxygen atoms in total. The van der Waals surface area contributed by atoms with Gasteiger partial charge in [0.1, 0.15) is 0 Å². The van der Waals surface area contributed by atoms with E-state index >= 15 is 0 Å². The molecule has 0 fully saturated rings. The topological polar surface area (TPSA) is 0 Å². The van der Waals surface area contributed by atoms with Crippen molar-refractivity contribution in [3.05, 3.63) is 93.2 Å². The van der Waals surface area contributed by atoms with Crippen molar-refractivity contribution in [2.75, 3.05) is 0 Å². The van der Waals surface area contributed by atoms with Crippen molar-refractivity contribution in [1.29, 1.82) is 0 Å². The van der Waals surface area contributed by atoms with Gasteiger partial charge in [0.15, 0.2) is 0 Å². The Hall–Kier alpha value is -2.12. The Morgan fingerprint density at radius 1 is 0.773 bits per heavy atom. The Balaban J connectivity index is 2.26. The molecule has 0 unspecified atom stereocenters. The number of thiophene rings is 1. The summed E-state index contributed by atoms with van der Waals surface area (Å²) in [7, 11) is 0. The Kier molecular flexibility index (Phi) is 4.26. The molecule has 0 N–H and O–H groups in total. The van der Waals surface area contributed by atoms with Gasteiger partial charge < -0.3 is 0 Å². The van der Waals surface area contributed by atoms with E-state index in [4.69, 9.17) is 0 Å². The second-order valence-corrected chi connectivity index (χ2v) is 7.02. The molecule has 2 aromatic carbocycles. The summed E-state index contributed by atoms with van der Waals surface area (Å²) in [5, 5.41) is 0. The van der Waals surface area contributed by atoms with Crippen LogP contribution < -0.4 is 0 Å². The first-order valence-corrected chi connectivity index (χ1v) is 8.37. The van der Waals surface area contributed by atoms with E-state index in [2.05, 4.69) is 87.5 Å². The molecule has 0 amide bonds. The summed E-state index contributed by atoms with van der Waals surface area (Å²) in [6, 6.07) is 23.7. The second kappa shape index (κ2) is 6.33. The Labute approximate surface area is 136 Å². The third kappa shape index (κ3) is 2.90. The van der Waals surface area contributed by atoms with Crippen LogP contribution in [0.15, 0.2) is 66.7 Å². The van der Waals surface area contributed by atoms with Crippen LogP contribution in [-0.4, -0.2) is 0 Å². The fraction of sp³-hybridized carbons (Fsp3) is 0.143. The van der Waals surface area contributed by atoms with Gasteiger partial charge in [0.05, 0.1) is 0 Å². The molecule has 0 radical (unpaired) electrons. The molecule has 1 heterocycles. The highest BCUT2D eigenvalue weighted by Crippen LogP contribution is 2.35. The number of benzene rings is 2. The number of hydrogen-bond acceptors (Lipinski definition) is 1. The molecule has 1 aromatic heterocycles. The standard InChI is InChI=1S/C21H20S/c1-15-14-20(17(3)22-15)16(2)21(18-10-6-4-7-11-18)19-12-8-5-9-13-19/h4-14H,1-3H3. The van der Waals surface area contributed by atoms with Gasteiger partial charge in [-0.25, -0.2) is 0 Å². The molecule has 0 atom stereocenters. The van der Waals surface area contributed by atoms with Gasteiger partial charge in [-0.1, -0.05) is 60.7 Å². The van der Waals surface area contributed by atoms with Crippen molar-refractivity contribution >= 4 is 22.5 Å². The van der Waals surface area contributed by atoms with Crippen molar-refractivity contribution in [2.45, 2.75) is 20.8 Å². The van der Waals surface area contributed by atoms with Crippen LogP contribution in [0.1, 0.15) is 33.4 Å². The molecule has 3 aromatic rings. The monoisotopic (exact) mass is 304 g/mol.